The molecule has 0 spiro atoms. The molecular weight excluding hydrogens is 359 g/mol. The number of ether oxygens (including phenoxy) is 1. The minimum atomic E-state index is -0.544. The Bertz CT molecular complexity index is 673. The minimum absolute atomic E-state index is 0.0668. The molecule has 0 saturated carbocycles. The van der Waals surface area contributed by atoms with Gasteiger partial charge in [-0.05, 0) is 58.7 Å². The Morgan fingerprint density at radius 2 is 1.90 bits per heavy atom. The lowest BCUT2D eigenvalue weighted by atomic mass is 10.0. The number of hydrogen-bond acceptors (Lipinski definition) is 2. The first-order valence-corrected chi connectivity index (χ1v) is 7.62. The van der Waals surface area contributed by atoms with Gasteiger partial charge in [0.15, 0.2) is 5.78 Å². The van der Waals surface area contributed by atoms with Gasteiger partial charge in [-0.1, -0.05) is 18.5 Å². The van der Waals surface area contributed by atoms with E-state index in [9.17, 15) is 9.18 Å². The van der Waals surface area contributed by atoms with E-state index in [1.807, 2.05) is 6.92 Å². The Morgan fingerprint density at radius 1 is 1.24 bits per heavy atom. The standard InChI is InChI=1S/C16H13BrClFO2/c1-2-7-21-15-6-4-10(8-12(15)17)16(20)11-3-5-14(19)13(18)9-11/h3-6,8-9H,2,7H2,1H3. The van der Waals surface area contributed by atoms with Crippen molar-refractivity contribution in [2.75, 3.05) is 6.61 Å². The topological polar surface area (TPSA) is 26.3 Å². The molecule has 21 heavy (non-hydrogen) atoms. The van der Waals surface area contributed by atoms with Crippen molar-refractivity contribution < 1.29 is 13.9 Å². The van der Waals surface area contributed by atoms with Crippen molar-refractivity contribution in [2.45, 2.75) is 13.3 Å². The van der Waals surface area contributed by atoms with Crippen LogP contribution in [0.25, 0.3) is 0 Å². The molecule has 0 N–H and O–H groups in total. The number of carbonyl (C=O) groups excluding carboxylic acids is 1. The zero-order chi connectivity index (χ0) is 15.4. The summed E-state index contributed by atoms with van der Waals surface area (Å²) in [5, 5.41) is -0.0668. The maximum absolute atomic E-state index is 13.1. The fourth-order valence-corrected chi connectivity index (χ4v) is 2.45. The molecule has 2 aromatic carbocycles. The first kappa shape index (κ1) is 16.0. The van der Waals surface area contributed by atoms with Crippen LogP contribution in [0.15, 0.2) is 40.9 Å². The second-order valence-corrected chi connectivity index (χ2v) is 5.71. The molecule has 0 saturated heterocycles. The van der Waals surface area contributed by atoms with E-state index >= 15 is 0 Å². The fourth-order valence-electron chi connectivity index (χ4n) is 1.78. The number of halogens is 3. The van der Waals surface area contributed by atoms with E-state index in [-0.39, 0.29) is 10.8 Å². The molecule has 0 heterocycles. The van der Waals surface area contributed by atoms with E-state index in [4.69, 9.17) is 16.3 Å². The van der Waals surface area contributed by atoms with Crippen molar-refractivity contribution in [2.24, 2.45) is 0 Å². The smallest absolute Gasteiger partial charge is 0.193 e. The molecule has 0 bridgehead atoms. The summed E-state index contributed by atoms with van der Waals surface area (Å²) in [5.74, 6) is -0.0807. The van der Waals surface area contributed by atoms with Crippen molar-refractivity contribution in [1.82, 2.24) is 0 Å². The Labute approximate surface area is 136 Å². The van der Waals surface area contributed by atoms with Gasteiger partial charge in [0.25, 0.3) is 0 Å². The molecule has 0 fully saturated rings. The van der Waals surface area contributed by atoms with Crippen LogP contribution in [0.5, 0.6) is 5.75 Å². The van der Waals surface area contributed by atoms with Crippen molar-refractivity contribution in [3.8, 4) is 5.75 Å². The highest BCUT2D eigenvalue weighted by Crippen LogP contribution is 2.27. The van der Waals surface area contributed by atoms with Gasteiger partial charge < -0.3 is 4.74 Å². The highest BCUT2D eigenvalue weighted by Gasteiger charge is 2.13. The first-order chi connectivity index (χ1) is 10.0. The van der Waals surface area contributed by atoms with Crippen LogP contribution >= 0.6 is 27.5 Å². The summed E-state index contributed by atoms with van der Waals surface area (Å²) in [7, 11) is 0. The molecule has 0 radical (unpaired) electrons. The van der Waals surface area contributed by atoms with Crippen molar-refractivity contribution in [3.63, 3.8) is 0 Å². The molecule has 0 aliphatic carbocycles. The van der Waals surface area contributed by atoms with E-state index < -0.39 is 5.82 Å². The molecule has 2 aromatic rings. The molecule has 110 valence electrons. The van der Waals surface area contributed by atoms with Gasteiger partial charge in [0, 0.05) is 11.1 Å². The fraction of sp³-hybridized carbons (Fsp3) is 0.188. The van der Waals surface area contributed by atoms with Gasteiger partial charge in [-0.15, -0.1) is 0 Å². The lowest BCUT2D eigenvalue weighted by Gasteiger charge is -2.09. The average molecular weight is 372 g/mol. The van der Waals surface area contributed by atoms with Crippen molar-refractivity contribution in [3.05, 3.63) is 62.8 Å². The summed E-state index contributed by atoms with van der Waals surface area (Å²) in [6.07, 6.45) is 0.904. The number of benzene rings is 2. The van der Waals surface area contributed by atoms with Gasteiger partial charge in [-0.3, -0.25) is 4.79 Å². The van der Waals surface area contributed by atoms with Gasteiger partial charge in [0.1, 0.15) is 11.6 Å². The number of ketones is 1. The predicted octanol–water partition coefficient (Wildman–Crippen LogP) is 5.26. The third-order valence-electron chi connectivity index (χ3n) is 2.84. The van der Waals surface area contributed by atoms with E-state index in [0.717, 1.165) is 6.42 Å². The van der Waals surface area contributed by atoms with E-state index in [1.165, 1.54) is 18.2 Å². The van der Waals surface area contributed by atoms with Crippen LogP contribution in [0, 0.1) is 5.82 Å². The number of carbonyl (C=O) groups is 1. The Hall–Kier alpha value is -1.39. The average Bonchev–Trinajstić information content (AvgIpc) is 2.48. The molecule has 0 atom stereocenters. The van der Waals surface area contributed by atoms with Gasteiger partial charge in [0.05, 0.1) is 16.1 Å². The summed E-state index contributed by atoms with van der Waals surface area (Å²) < 4.78 is 19.4. The van der Waals surface area contributed by atoms with Crippen LogP contribution in [-0.4, -0.2) is 12.4 Å². The molecule has 0 aliphatic rings. The van der Waals surface area contributed by atoms with Gasteiger partial charge in [0.2, 0.25) is 0 Å². The van der Waals surface area contributed by atoms with Crippen LogP contribution in [0.4, 0.5) is 4.39 Å². The van der Waals surface area contributed by atoms with Crippen molar-refractivity contribution >= 4 is 33.3 Å². The van der Waals surface area contributed by atoms with Crippen LogP contribution in [0.3, 0.4) is 0 Å². The summed E-state index contributed by atoms with van der Waals surface area (Å²) >= 11 is 9.08. The van der Waals surface area contributed by atoms with Crippen LogP contribution in [0.1, 0.15) is 29.3 Å². The van der Waals surface area contributed by atoms with Gasteiger partial charge in [-0.2, -0.15) is 0 Å². The minimum Gasteiger partial charge on any atom is -0.492 e. The lowest BCUT2D eigenvalue weighted by molar-refractivity contribution is 0.103. The maximum atomic E-state index is 13.1. The van der Waals surface area contributed by atoms with Gasteiger partial charge in [-0.25, -0.2) is 4.39 Å². The largest absolute Gasteiger partial charge is 0.492 e. The monoisotopic (exact) mass is 370 g/mol. The highest BCUT2D eigenvalue weighted by molar-refractivity contribution is 9.10. The first-order valence-electron chi connectivity index (χ1n) is 6.45. The summed E-state index contributed by atoms with van der Waals surface area (Å²) in [5.41, 5.74) is 0.823. The zero-order valence-electron chi connectivity index (χ0n) is 11.3. The molecule has 0 unspecified atom stereocenters. The van der Waals surface area contributed by atoms with Crippen molar-refractivity contribution in [1.29, 1.82) is 0 Å². The predicted molar refractivity (Wildman–Crippen MR) is 84.8 cm³/mol. The molecule has 0 amide bonds. The third kappa shape index (κ3) is 3.83. The molecule has 0 aromatic heterocycles. The Kier molecular flexibility index (Phi) is 5.37. The lowest BCUT2D eigenvalue weighted by Crippen LogP contribution is -2.03. The zero-order valence-corrected chi connectivity index (χ0v) is 13.7. The molecule has 0 aliphatic heterocycles. The second-order valence-electron chi connectivity index (χ2n) is 4.45. The van der Waals surface area contributed by atoms with Crippen LogP contribution in [0.2, 0.25) is 5.02 Å². The van der Waals surface area contributed by atoms with Crippen LogP contribution < -0.4 is 4.74 Å². The maximum Gasteiger partial charge on any atom is 0.193 e. The molecule has 2 rings (SSSR count). The summed E-state index contributed by atoms with van der Waals surface area (Å²) in [4.78, 5) is 12.3. The number of rotatable bonds is 5. The van der Waals surface area contributed by atoms with E-state index in [2.05, 4.69) is 15.9 Å². The second kappa shape index (κ2) is 7.05. The molecule has 5 heteroatoms. The Balaban J connectivity index is 2.27. The molecular formula is C16H13BrClFO2. The molecule has 2 nitrogen and oxygen atoms in total. The Morgan fingerprint density at radius 3 is 2.52 bits per heavy atom. The van der Waals surface area contributed by atoms with Crippen LogP contribution in [-0.2, 0) is 0 Å². The normalized spacial score (nSPS) is 10.5. The van der Waals surface area contributed by atoms with E-state index in [1.54, 1.807) is 18.2 Å². The SMILES string of the molecule is CCCOc1ccc(C(=O)c2ccc(F)c(Cl)c2)cc1Br. The third-order valence-corrected chi connectivity index (χ3v) is 3.75. The van der Waals surface area contributed by atoms with E-state index in [0.29, 0.717) is 28.0 Å². The number of hydrogen-bond donors (Lipinski definition) is 0. The quantitative estimate of drug-likeness (QED) is 0.670. The van der Waals surface area contributed by atoms with Gasteiger partial charge >= 0.3 is 0 Å². The summed E-state index contributed by atoms with van der Waals surface area (Å²) in [6.45, 7) is 2.63. The summed E-state index contributed by atoms with van der Waals surface area (Å²) in [6, 6.07) is 9.02. The highest BCUT2D eigenvalue weighted by atomic mass is 79.9.